The van der Waals surface area contributed by atoms with E-state index in [4.69, 9.17) is 0 Å². The summed E-state index contributed by atoms with van der Waals surface area (Å²) in [7, 11) is 0. The van der Waals surface area contributed by atoms with Gasteiger partial charge in [-0.25, -0.2) is 4.39 Å². The molecule has 0 aromatic carbocycles. The van der Waals surface area contributed by atoms with E-state index in [2.05, 4.69) is 4.74 Å². The summed E-state index contributed by atoms with van der Waals surface area (Å²) in [5, 5.41) is 0. The highest BCUT2D eigenvalue weighted by Crippen LogP contribution is 2.23. The van der Waals surface area contributed by atoms with Gasteiger partial charge in [0.25, 0.3) is 0 Å². The Morgan fingerprint density at radius 3 is 2.33 bits per heavy atom. The lowest BCUT2D eigenvalue weighted by molar-refractivity contribution is -0.183. The smallest absolute Gasteiger partial charge is 0.348 e. The van der Waals surface area contributed by atoms with Crippen molar-refractivity contribution in [2.75, 3.05) is 6.61 Å². The van der Waals surface area contributed by atoms with Crippen LogP contribution >= 0.6 is 0 Å². The lowest BCUT2D eigenvalue weighted by Crippen LogP contribution is -2.18. The second kappa shape index (κ2) is 5.35. The van der Waals surface area contributed by atoms with E-state index in [0.29, 0.717) is 6.42 Å². The Kier molecular flexibility index (Phi) is 5.20. The molecule has 0 aromatic heterocycles. The Hall–Kier alpha value is -0.320. The predicted molar refractivity (Wildman–Crippen MR) is 36.4 cm³/mol. The van der Waals surface area contributed by atoms with Crippen molar-refractivity contribution in [3.05, 3.63) is 0 Å². The lowest BCUT2D eigenvalue weighted by atomic mass is 10.3. The Bertz CT molecular complexity index is 112. The van der Waals surface area contributed by atoms with E-state index in [1.54, 1.807) is 0 Å². The maximum absolute atomic E-state index is 12.3. The quantitative estimate of drug-likeness (QED) is 0.476. The van der Waals surface area contributed by atoms with Crippen LogP contribution in [0.1, 0.15) is 26.2 Å². The monoisotopic (exact) mass is 188 g/mol. The highest BCUT2D eigenvalue weighted by atomic mass is 19.4. The summed E-state index contributed by atoms with van der Waals surface area (Å²) in [6.07, 6.45) is -6.85. The molecule has 1 unspecified atom stereocenters. The molecular weight excluding hydrogens is 176 g/mol. The summed E-state index contributed by atoms with van der Waals surface area (Å²) in [4.78, 5) is 0. The summed E-state index contributed by atoms with van der Waals surface area (Å²) in [5.74, 6) is 0. The molecule has 0 aliphatic carbocycles. The van der Waals surface area contributed by atoms with Crippen LogP contribution in [0.25, 0.3) is 0 Å². The van der Waals surface area contributed by atoms with Gasteiger partial charge < -0.3 is 4.74 Å². The Morgan fingerprint density at radius 2 is 1.92 bits per heavy atom. The van der Waals surface area contributed by atoms with Crippen LogP contribution in [0.4, 0.5) is 17.6 Å². The third kappa shape index (κ3) is 7.78. The number of hydrogen-bond acceptors (Lipinski definition) is 1. The molecule has 0 rings (SSSR count). The number of halogens is 4. The molecule has 0 N–H and O–H groups in total. The van der Waals surface area contributed by atoms with E-state index in [9.17, 15) is 17.6 Å². The summed E-state index contributed by atoms with van der Waals surface area (Å²) < 4.78 is 51.0. The molecule has 0 amide bonds. The second-order valence-corrected chi connectivity index (χ2v) is 2.45. The minimum absolute atomic E-state index is 0.0494. The largest absolute Gasteiger partial charge is 0.394 e. The van der Waals surface area contributed by atoms with Crippen LogP contribution < -0.4 is 0 Å². The van der Waals surface area contributed by atoms with Crippen LogP contribution in [-0.2, 0) is 4.74 Å². The van der Waals surface area contributed by atoms with E-state index >= 15 is 0 Å². The van der Waals surface area contributed by atoms with Gasteiger partial charge >= 0.3 is 6.18 Å². The van der Waals surface area contributed by atoms with Crippen LogP contribution in [0.3, 0.4) is 0 Å². The highest BCUT2D eigenvalue weighted by Gasteiger charge is 2.32. The molecule has 0 heterocycles. The zero-order chi connectivity index (χ0) is 9.61. The van der Waals surface area contributed by atoms with Gasteiger partial charge in [-0.1, -0.05) is 13.3 Å². The van der Waals surface area contributed by atoms with Crippen molar-refractivity contribution >= 4 is 0 Å². The third-order valence-electron chi connectivity index (χ3n) is 1.19. The van der Waals surface area contributed by atoms with Crippen molar-refractivity contribution in [2.45, 2.75) is 38.7 Å². The van der Waals surface area contributed by atoms with Gasteiger partial charge in [0, 0.05) is 0 Å². The van der Waals surface area contributed by atoms with Crippen LogP contribution in [0, 0.1) is 0 Å². The molecule has 0 aliphatic heterocycles. The Morgan fingerprint density at radius 1 is 1.33 bits per heavy atom. The maximum atomic E-state index is 12.3. The molecule has 5 heteroatoms. The number of rotatable bonds is 5. The minimum Gasteiger partial charge on any atom is -0.348 e. The van der Waals surface area contributed by atoms with Crippen molar-refractivity contribution in [3.63, 3.8) is 0 Å². The molecule has 0 bridgehead atoms. The standard InChI is InChI=1S/C7H12F4O/c1-2-3-4-12-6(8)5-7(9,10)11/h6H,2-5H2,1H3. The number of unbranched alkanes of at least 4 members (excludes halogenated alkanes) is 1. The summed E-state index contributed by atoms with van der Waals surface area (Å²) in [5.41, 5.74) is 0. The van der Waals surface area contributed by atoms with Gasteiger partial charge in [0.05, 0.1) is 13.0 Å². The van der Waals surface area contributed by atoms with Gasteiger partial charge in [0.2, 0.25) is 6.36 Å². The van der Waals surface area contributed by atoms with Gasteiger partial charge in [-0.3, -0.25) is 0 Å². The first kappa shape index (κ1) is 11.7. The number of alkyl halides is 4. The van der Waals surface area contributed by atoms with Gasteiger partial charge in [0.15, 0.2) is 0 Å². The van der Waals surface area contributed by atoms with Crippen LogP contribution in [0.5, 0.6) is 0 Å². The van der Waals surface area contributed by atoms with E-state index in [1.807, 2.05) is 6.92 Å². The normalized spacial score (nSPS) is 14.8. The number of hydrogen-bond donors (Lipinski definition) is 0. The Balaban J connectivity index is 3.40. The maximum Gasteiger partial charge on any atom is 0.394 e. The molecule has 0 fully saturated rings. The van der Waals surface area contributed by atoms with Crippen LogP contribution in [0.2, 0.25) is 0 Å². The van der Waals surface area contributed by atoms with Crippen molar-refractivity contribution in [2.24, 2.45) is 0 Å². The minimum atomic E-state index is -4.48. The molecular formula is C7H12F4O. The van der Waals surface area contributed by atoms with Gasteiger partial charge in [-0.15, -0.1) is 0 Å². The van der Waals surface area contributed by atoms with Crippen LogP contribution in [-0.4, -0.2) is 19.1 Å². The predicted octanol–water partition coefficient (Wildman–Crippen LogP) is 3.05. The molecule has 0 radical (unpaired) electrons. The average Bonchev–Trinajstić information content (AvgIpc) is 1.84. The van der Waals surface area contributed by atoms with Gasteiger partial charge in [0.1, 0.15) is 0 Å². The SMILES string of the molecule is CCCCOC(F)CC(F)(F)F. The van der Waals surface area contributed by atoms with E-state index in [1.165, 1.54) is 0 Å². The van der Waals surface area contributed by atoms with Gasteiger partial charge in [-0.2, -0.15) is 13.2 Å². The first-order chi connectivity index (χ1) is 5.45. The van der Waals surface area contributed by atoms with Crippen molar-refractivity contribution in [1.82, 2.24) is 0 Å². The van der Waals surface area contributed by atoms with E-state index < -0.39 is 19.0 Å². The fraction of sp³-hybridized carbons (Fsp3) is 1.00. The van der Waals surface area contributed by atoms with E-state index in [-0.39, 0.29) is 6.61 Å². The molecule has 1 atom stereocenters. The first-order valence-electron chi connectivity index (χ1n) is 3.78. The summed E-state index contributed by atoms with van der Waals surface area (Å²) in [6, 6.07) is 0. The van der Waals surface area contributed by atoms with Crippen molar-refractivity contribution in [3.8, 4) is 0 Å². The fourth-order valence-electron chi connectivity index (χ4n) is 0.596. The molecule has 0 aromatic rings. The lowest BCUT2D eigenvalue weighted by Gasteiger charge is -2.11. The topological polar surface area (TPSA) is 9.23 Å². The Labute approximate surface area is 68.7 Å². The zero-order valence-electron chi connectivity index (χ0n) is 6.83. The third-order valence-corrected chi connectivity index (χ3v) is 1.19. The molecule has 0 saturated heterocycles. The van der Waals surface area contributed by atoms with Crippen molar-refractivity contribution < 1.29 is 22.3 Å². The first-order valence-corrected chi connectivity index (χ1v) is 3.78. The van der Waals surface area contributed by atoms with Crippen LogP contribution in [0.15, 0.2) is 0 Å². The van der Waals surface area contributed by atoms with E-state index in [0.717, 1.165) is 6.42 Å². The van der Waals surface area contributed by atoms with Gasteiger partial charge in [-0.05, 0) is 6.42 Å². The summed E-state index contributed by atoms with van der Waals surface area (Å²) >= 11 is 0. The molecule has 0 saturated carbocycles. The highest BCUT2D eigenvalue weighted by molar-refractivity contribution is 4.52. The van der Waals surface area contributed by atoms with Crippen molar-refractivity contribution in [1.29, 1.82) is 0 Å². The molecule has 12 heavy (non-hydrogen) atoms. The zero-order valence-corrected chi connectivity index (χ0v) is 6.83. The molecule has 74 valence electrons. The average molecular weight is 188 g/mol. The summed E-state index contributed by atoms with van der Waals surface area (Å²) in [6.45, 7) is 1.90. The number of ether oxygens (including phenoxy) is 1. The molecule has 0 spiro atoms. The molecule has 0 aliphatic rings. The molecule has 1 nitrogen and oxygen atoms in total. The fourth-order valence-corrected chi connectivity index (χ4v) is 0.596. The second-order valence-electron chi connectivity index (χ2n) is 2.45.